The number of hydrogen-bond acceptors (Lipinski definition) is 5. The largest absolute Gasteiger partial charge is 0.386 e. The van der Waals surface area contributed by atoms with Gasteiger partial charge in [0.05, 0.1) is 17.2 Å². The Kier molecular flexibility index (Phi) is 4.44. The highest BCUT2D eigenvalue weighted by Gasteiger charge is 2.27. The van der Waals surface area contributed by atoms with Gasteiger partial charge >= 0.3 is 0 Å². The van der Waals surface area contributed by atoms with Crippen LogP contribution in [0, 0.1) is 6.92 Å². The molecular weight excluding hydrogens is 354 g/mol. The molecule has 0 aliphatic carbocycles. The van der Waals surface area contributed by atoms with Gasteiger partial charge in [-0.1, -0.05) is 6.07 Å². The van der Waals surface area contributed by atoms with E-state index >= 15 is 0 Å². The summed E-state index contributed by atoms with van der Waals surface area (Å²) in [7, 11) is 2.08. The van der Waals surface area contributed by atoms with Crippen molar-refractivity contribution in [2.75, 3.05) is 25.5 Å². The monoisotopic (exact) mass is 379 g/mol. The molecule has 146 valence electrons. The Hall–Kier alpha value is -2.77. The number of likely N-dealkylation sites (N-methyl/N-ethyl adjacent to an activating group) is 1. The first-order chi connectivity index (χ1) is 13.2. The highest BCUT2D eigenvalue weighted by Crippen LogP contribution is 2.33. The van der Waals surface area contributed by atoms with Crippen molar-refractivity contribution in [2.45, 2.75) is 32.4 Å². The van der Waals surface area contributed by atoms with E-state index in [1.807, 2.05) is 36.0 Å². The lowest BCUT2D eigenvalue weighted by molar-refractivity contribution is 0.0793. The van der Waals surface area contributed by atoms with Crippen LogP contribution in [0.3, 0.4) is 0 Å². The number of nitrogens with one attached hydrogen (secondary N) is 1. The lowest BCUT2D eigenvalue weighted by Gasteiger charge is -2.36. The van der Waals surface area contributed by atoms with Crippen molar-refractivity contribution >= 4 is 22.5 Å². The Labute approximate surface area is 164 Å². The molecule has 1 aromatic carbocycles. The molecule has 0 bridgehead atoms. The van der Waals surface area contributed by atoms with Crippen LogP contribution in [-0.4, -0.2) is 50.8 Å². The van der Waals surface area contributed by atoms with Crippen molar-refractivity contribution < 1.29 is 9.90 Å². The number of carbonyl (C=O) groups excluding carboxylic acids is 1. The summed E-state index contributed by atoms with van der Waals surface area (Å²) in [5.74, 6) is -0.304. The van der Waals surface area contributed by atoms with Gasteiger partial charge in [-0.15, -0.1) is 0 Å². The van der Waals surface area contributed by atoms with Crippen LogP contribution in [0.4, 0.5) is 5.69 Å². The zero-order valence-electron chi connectivity index (χ0n) is 16.6. The number of nitrogens with zero attached hydrogens (tertiary/aromatic N) is 4. The zero-order valence-corrected chi connectivity index (χ0v) is 16.6. The minimum absolute atomic E-state index is 0.304. The molecule has 2 aromatic heterocycles. The summed E-state index contributed by atoms with van der Waals surface area (Å²) in [5.41, 5.74) is 1.98. The molecule has 1 aliphatic heterocycles. The molecule has 0 saturated carbocycles. The summed E-state index contributed by atoms with van der Waals surface area (Å²) >= 11 is 0. The molecule has 2 N–H and O–H groups in total. The number of carbonyl (C=O) groups is 1. The number of hydrogen-bond donors (Lipinski definition) is 2. The van der Waals surface area contributed by atoms with Crippen molar-refractivity contribution in [3.8, 4) is 0 Å². The summed E-state index contributed by atoms with van der Waals surface area (Å²) in [5, 5.41) is 19.2. The second-order valence-electron chi connectivity index (χ2n) is 8.12. The number of aryl methyl sites for hydroxylation is 1. The van der Waals surface area contributed by atoms with Gasteiger partial charge in [0.15, 0.2) is 0 Å². The van der Waals surface area contributed by atoms with Crippen molar-refractivity contribution in [3.05, 3.63) is 53.5 Å². The van der Waals surface area contributed by atoms with Crippen LogP contribution in [0.1, 0.15) is 41.6 Å². The number of aromatic nitrogens is 3. The van der Waals surface area contributed by atoms with Crippen molar-refractivity contribution in [2.24, 2.45) is 0 Å². The van der Waals surface area contributed by atoms with Gasteiger partial charge in [-0.25, -0.2) is 4.98 Å². The van der Waals surface area contributed by atoms with Gasteiger partial charge in [0.1, 0.15) is 5.69 Å². The maximum Gasteiger partial charge on any atom is 0.274 e. The fraction of sp³-hybridized carbons (Fsp3) is 0.381. The van der Waals surface area contributed by atoms with E-state index in [4.69, 9.17) is 0 Å². The second kappa shape index (κ2) is 6.68. The Morgan fingerprint density at radius 1 is 1.29 bits per heavy atom. The number of aliphatic hydroxyl groups is 1. The smallest absolute Gasteiger partial charge is 0.274 e. The minimum atomic E-state index is -1.13. The van der Waals surface area contributed by atoms with Crippen molar-refractivity contribution in [1.82, 2.24) is 19.7 Å². The lowest BCUT2D eigenvalue weighted by atomic mass is 9.95. The number of anilines is 1. The van der Waals surface area contributed by atoms with Crippen LogP contribution in [-0.2, 0) is 5.60 Å². The van der Waals surface area contributed by atoms with Crippen LogP contribution in [0.2, 0.25) is 0 Å². The molecule has 1 saturated heterocycles. The van der Waals surface area contributed by atoms with Crippen LogP contribution in [0.15, 0.2) is 36.5 Å². The van der Waals surface area contributed by atoms with E-state index in [9.17, 15) is 9.90 Å². The second-order valence-corrected chi connectivity index (χ2v) is 8.12. The number of fused-ring (bicyclic) bond motifs is 1. The summed E-state index contributed by atoms with van der Waals surface area (Å²) < 4.78 is 1.98. The van der Waals surface area contributed by atoms with Crippen molar-refractivity contribution in [1.29, 1.82) is 0 Å². The van der Waals surface area contributed by atoms with E-state index < -0.39 is 5.60 Å². The number of benzene rings is 1. The van der Waals surface area contributed by atoms with E-state index in [2.05, 4.69) is 27.3 Å². The normalized spacial score (nSPS) is 15.6. The van der Waals surface area contributed by atoms with E-state index in [1.165, 1.54) is 0 Å². The quantitative estimate of drug-likeness (QED) is 0.728. The van der Waals surface area contributed by atoms with Gasteiger partial charge in [-0.2, -0.15) is 5.10 Å². The van der Waals surface area contributed by atoms with Crippen LogP contribution < -0.4 is 5.32 Å². The highest BCUT2D eigenvalue weighted by atomic mass is 16.3. The predicted molar refractivity (Wildman–Crippen MR) is 108 cm³/mol. The van der Waals surface area contributed by atoms with Gasteiger partial charge in [-0.05, 0) is 52.1 Å². The molecule has 1 fully saturated rings. The maximum atomic E-state index is 12.7. The Morgan fingerprint density at radius 2 is 2.04 bits per heavy atom. The first kappa shape index (κ1) is 18.6. The molecule has 0 spiro atoms. The van der Waals surface area contributed by atoms with E-state index in [1.54, 1.807) is 26.0 Å². The SMILES string of the molecule is Cc1cccc(C(=O)Nc2cc3cn(C4CN(C)C4)nc3cc2C(C)(C)O)n1. The third-order valence-corrected chi connectivity index (χ3v) is 5.11. The first-order valence-corrected chi connectivity index (χ1v) is 9.40. The summed E-state index contributed by atoms with van der Waals surface area (Å²) in [6.45, 7) is 7.18. The van der Waals surface area contributed by atoms with E-state index in [-0.39, 0.29) is 5.91 Å². The fourth-order valence-electron chi connectivity index (χ4n) is 3.58. The first-order valence-electron chi connectivity index (χ1n) is 9.40. The van der Waals surface area contributed by atoms with Crippen LogP contribution in [0.25, 0.3) is 10.9 Å². The summed E-state index contributed by atoms with van der Waals surface area (Å²) in [6, 6.07) is 9.41. The molecule has 3 aromatic rings. The molecule has 28 heavy (non-hydrogen) atoms. The van der Waals surface area contributed by atoms with Gasteiger partial charge < -0.3 is 15.3 Å². The van der Waals surface area contributed by atoms with Gasteiger partial charge in [0.2, 0.25) is 0 Å². The highest BCUT2D eigenvalue weighted by molar-refractivity contribution is 6.04. The Morgan fingerprint density at radius 3 is 2.68 bits per heavy atom. The average molecular weight is 379 g/mol. The van der Waals surface area contributed by atoms with Crippen LogP contribution in [0.5, 0.6) is 0 Å². The number of likely N-dealkylation sites (tertiary alicyclic amines) is 1. The van der Waals surface area contributed by atoms with Crippen LogP contribution >= 0.6 is 0 Å². The number of amides is 1. The number of rotatable bonds is 4. The topological polar surface area (TPSA) is 83.3 Å². The van der Waals surface area contributed by atoms with Gasteiger partial charge in [0.25, 0.3) is 5.91 Å². The molecule has 1 aliphatic rings. The fourth-order valence-corrected chi connectivity index (χ4v) is 3.58. The lowest BCUT2D eigenvalue weighted by Crippen LogP contribution is -2.45. The maximum absolute atomic E-state index is 12.7. The third-order valence-electron chi connectivity index (χ3n) is 5.11. The third kappa shape index (κ3) is 3.50. The molecule has 4 rings (SSSR count). The zero-order chi connectivity index (χ0) is 20.1. The van der Waals surface area contributed by atoms with Crippen molar-refractivity contribution in [3.63, 3.8) is 0 Å². The van der Waals surface area contributed by atoms with E-state index in [0.717, 1.165) is 29.7 Å². The van der Waals surface area contributed by atoms with Gasteiger partial charge in [-0.3, -0.25) is 9.48 Å². The minimum Gasteiger partial charge on any atom is -0.386 e. The average Bonchev–Trinajstić information content (AvgIpc) is 3.00. The standard InChI is InChI=1S/C21H25N5O2/c1-13-6-5-7-17(22-13)20(27)23-19-8-14-10-26(15-11-25(4)12-15)24-18(14)9-16(19)21(2,3)28/h5-10,15,28H,11-12H2,1-4H3,(H,23,27). The Balaban J connectivity index is 1.72. The predicted octanol–water partition coefficient (Wildman–Crippen LogP) is 2.71. The number of pyridine rings is 1. The summed E-state index contributed by atoms with van der Waals surface area (Å²) in [4.78, 5) is 19.2. The molecule has 7 heteroatoms. The molecule has 0 atom stereocenters. The molecular formula is C21H25N5O2. The van der Waals surface area contributed by atoms with E-state index in [0.29, 0.717) is 23.0 Å². The van der Waals surface area contributed by atoms with Gasteiger partial charge in [0, 0.05) is 41.6 Å². The molecule has 7 nitrogen and oxygen atoms in total. The molecule has 0 unspecified atom stereocenters. The Bertz CT molecular complexity index is 1040. The summed E-state index contributed by atoms with van der Waals surface area (Å²) in [6.07, 6.45) is 2.00. The molecule has 0 radical (unpaired) electrons. The molecule has 1 amide bonds. The molecule has 3 heterocycles.